The van der Waals surface area contributed by atoms with E-state index in [1.54, 1.807) is 24.3 Å². The van der Waals surface area contributed by atoms with E-state index in [1.807, 2.05) is 0 Å². The first-order chi connectivity index (χ1) is 14.3. The number of fused-ring (bicyclic) bond motifs is 2. The van der Waals surface area contributed by atoms with E-state index in [-0.39, 0.29) is 52.5 Å². The molecule has 3 unspecified atom stereocenters. The minimum absolute atomic E-state index is 0.00975. The molecule has 0 radical (unpaired) electrons. The SMILES string of the molecule is O=S(=O)(c1cccc(Cl)c1NCc1cc(Br)ccc1F)N1CC2CCCC1C2CO. The molecule has 0 aromatic heterocycles. The molecule has 2 aromatic carbocycles. The highest BCUT2D eigenvalue weighted by Gasteiger charge is 2.49. The number of sulfonamides is 1. The van der Waals surface area contributed by atoms with Crippen molar-refractivity contribution in [2.24, 2.45) is 11.8 Å². The molecule has 1 heterocycles. The molecular weight excluding hydrogens is 495 g/mol. The van der Waals surface area contributed by atoms with Crippen LogP contribution in [0.15, 0.2) is 45.8 Å². The van der Waals surface area contributed by atoms with Crippen molar-refractivity contribution in [2.75, 3.05) is 18.5 Å². The van der Waals surface area contributed by atoms with Crippen LogP contribution in [0.3, 0.4) is 0 Å². The number of nitrogens with zero attached hydrogens (tertiary/aromatic N) is 1. The Morgan fingerprint density at radius 1 is 1.27 bits per heavy atom. The summed E-state index contributed by atoms with van der Waals surface area (Å²) in [6.45, 7) is 0.484. The van der Waals surface area contributed by atoms with Gasteiger partial charge in [-0.2, -0.15) is 4.31 Å². The van der Waals surface area contributed by atoms with Crippen LogP contribution < -0.4 is 5.32 Å². The lowest BCUT2D eigenvalue weighted by Gasteiger charge is -2.30. The highest BCUT2D eigenvalue weighted by atomic mass is 79.9. The number of aliphatic hydroxyl groups excluding tert-OH is 1. The van der Waals surface area contributed by atoms with E-state index in [4.69, 9.17) is 11.6 Å². The molecule has 9 heteroatoms. The Labute approximate surface area is 189 Å². The molecule has 2 bridgehead atoms. The first-order valence-electron chi connectivity index (χ1n) is 9.92. The zero-order valence-corrected chi connectivity index (χ0v) is 19.4. The maximum absolute atomic E-state index is 14.1. The Kier molecular flexibility index (Phi) is 6.42. The summed E-state index contributed by atoms with van der Waals surface area (Å²) in [5, 5.41) is 13.1. The maximum Gasteiger partial charge on any atom is 0.245 e. The molecule has 1 aliphatic heterocycles. The monoisotopic (exact) mass is 516 g/mol. The van der Waals surface area contributed by atoms with Crippen LogP contribution in [0.4, 0.5) is 10.1 Å². The summed E-state index contributed by atoms with van der Waals surface area (Å²) in [5.74, 6) is -0.240. The minimum atomic E-state index is -3.84. The van der Waals surface area contributed by atoms with Crippen molar-refractivity contribution in [3.8, 4) is 0 Å². The minimum Gasteiger partial charge on any atom is -0.396 e. The summed E-state index contributed by atoms with van der Waals surface area (Å²) < 4.78 is 43.6. The molecule has 30 heavy (non-hydrogen) atoms. The quantitative estimate of drug-likeness (QED) is 0.586. The molecule has 1 aliphatic carbocycles. The number of anilines is 1. The van der Waals surface area contributed by atoms with E-state index in [0.717, 1.165) is 23.7 Å². The smallest absolute Gasteiger partial charge is 0.245 e. The molecule has 0 spiro atoms. The highest BCUT2D eigenvalue weighted by Crippen LogP contribution is 2.44. The average Bonchev–Trinajstić information content (AvgIpc) is 2.93. The molecular formula is C21H23BrClFN2O3S. The third-order valence-corrected chi connectivity index (χ3v) is 8.94. The van der Waals surface area contributed by atoms with Gasteiger partial charge in [0, 0.05) is 41.7 Å². The first kappa shape index (κ1) is 22.0. The zero-order valence-electron chi connectivity index (χ0n) is 16.2. The largest absolute Gasteiger partial charge is 0.396 e. The van der Waals surface area contributed by atoms with Gasteiger partial charge in [0.25, 0.3) is 0 Å². The van der Waals surface area contributed by atoms with E-state index < -0.39 is 10.0 Å². The van der Waals surface area contributed by atoms with E-state index in [1.165, 1.54) is 16.4 Å². The normalized spacial score (nSPS) is 24.2. The van der Waals surface area contributed by atoms with Gasteiger partial charge in [-0.25, -0.2) is 12.8 Å². The number of halogens is 3. The number of rotatable bonds is 6. The average molecular weight is 518 g/mol. The van der Waals surface area contributed by atoms with Crippen molar-refractivity contribution in [1.82, 2.24) is 4.31 Å². The van der Waals surface area contributed by atoms with Gasteiger partial charge in [0.05, 0.1) is 10.7 Å². The fraction of sp³-hybridized carbons (Fsp3) is 0.429. The van der Waals surface area contributed by atoms with Crippen molar-refractivity contribution in [3.63, 3.8) is 0 Å². The van der Waals surface area contributed by atoms with Crippen LogP contribution in [0.5, 0.6) is 0 Å². The third-order valence-electron chi connectivity index (χ3n) is 6.20. The summed E-state index contributed by atoms with van der Waals surface area (Å²) in [6.07, 6.45) is 2.63. The lowest BCUT2D eigenvalue weighted by atomic mass is 9.80. The van der Waals surface area contributed by atoms with Crippen molar-refractivity contribution in [3.05, 3.63) is 57.3 Å². The Morgan fingerprint density at radius 3 is 2.80 bits per heavy atom. The molecule has 1 saturated heterocycles. The van der Waals surface area contributed by atoms with E-state index in [0.29, 0.717) is 12.1 Å². The molecule has 2 aromatic rings. The van der Waals surface area contributed by atoms with Crippen molar-refractivity contribution < 1.29 is 17.9 Å². The van der Waals surface area contributed by atoms with Crippen molar-refractivity contribution in [1.29, 1.82) is 0 Å². The molecule has 2 N–H and O–H groups in total. The third kappa shape index (κ3) is 4.00. The van der Waals surface area contributed by atoms with Gasteiger partial charge in [0.15, 0.2) is 0 Å². The second-order valence-corrected chi connectivity index (χ2v) is 11.1. The second kappa shape index (κ2) is 8.74. The molecule has 0 amide bonds. The zero-order chi connectivity index (χ0) is 21.5. The van der Waals surface area contributed by atoms with Gasteiger partial charge < -0.3 is 10.4 Å². The van der Waals surface area contributed by atoms with Gasteiger partial charge in [-0.3, -0.25) is 0 Å². The summed E-state index contributed by atoms with van der Waals surface area (Å²) in [6, 6.07) is 9.14. The van der Waals surface area contributed by atoms with Crippen LogP contribution in [0.1, 0.15) is 24.8 Å². The van der Waals surface area contributed by atoms with Crippen molar-refractivity contribution >= 4 is 43.2 Å². The highest BCUT2D eigenvalue weighted by molar-refractivity contribution is 9.10. The first-order valence-corrected chi connectivity index (χ1v) is 12.5. The summed E-state index contributed by atoms with van der Waals surface area (Å²) >= 11 is 9.68. The lowest BCUT2D eigenvalue weighted by molar-refractivity contribution is 0.144. The van der Waals surface area contributed by atoms with E-state index in [2.05, 4.69) is 21.2 Å². The number of nitrogens with one attached hydrogen (secondary N) is 1. The van der Waals surface area contributed by atoms with Gasteiger partial charge in [-0.05, 0) is 49.1 Å². The van der Waals surface area contributed by atoms with E-state index >= 15 is 0 Å². The second-order valence-electron chi connectivity index (χ2n) is 7.88. The van der Waals surface area contributed by atoms with Crippen LogP contribution in [0.25, 0.3) is 0 Å². The predicted octanol–water partition coefficient (Wildman–Crippen LogP) is 4.64. The molecule has 1 saturated carbocycles. The number of hydrogen-bond donors (Lipinski definition) is 2. The van der Waals surface area contributed by atoms with Crippen LogP contribution in [0, 0.1) is 17.7 Å². The summed E-state index contributed by atoms with van der Waals surface area (Å²) in [7, 11) is -3.84. The van der Waals surface area contributed by atoms with Gasteiger partial charge in [-0.1, -0.05) is 40.0 Å². The summed E-state index contributed by atoms with van der Waals surface area (Å²) in [4.78, 5) is 0.0784. The molecule has 5 nitrogen and oxygen atoms in total. The van der Waals surface area contributed by atoms with Gasteiger partial charge in [0.1, 0.15) is 10.7 Å². The van der Waals surface area contributed by atoms with Gasteiger partial charge in [-0.15, -0.1) is 0 Å². The number of aliphatic hydroxyl groups is 1. The Bertz CT molecular complexity index is 1050. The lowest BCUT2D eigenvalue weighted by Crippen LogP contribution is -2.39. The standard InChI is InChI=1S/C21H23BrClFN2O3S/c22-15-7-8-18(24)14(9-15)10-25-21-17(23)4-2-6-20(21)30(28,29)26-11-13-3-1-5-19(26)16(13)12-27/h2,4,6-9,13,16,19,25,27H,1,3,5,10-12H2. The van der Waals surface area contributed by atoms with Gasteiger partial charge >= 0.3 is 0 Å². The Morgan fingerprint density at radius 2 is 2.07 bits per heavy atom. The number of hydrogen-bond acceptors (Lipinski definition) is 4. The molecule has 3 atom stereocenters. The fourth-order valence-corrected chi connectivity index (χ4v) is 7.36. The van der Waals surface area contributed by atoms with Gasteiger partial charge in [0.2, 0.25) is 10.0 Å². The topological polar surface area (TPSA) is 69.6 Å². The maximum atomic E-state index is 14.1. The fourth-order valence-electron chi connectivity index (χ4n) is 4.71. The number of benzene rings is 2. The molecule has 162 valence electrons. The summed E-state index contributed by atoms with van der Waals surface area (Å²) in [5.41, 5.74) is 0.658. The molecule has 2 fully saturated rings. The van der Waals surface area contributed by atoms with Crippen LogP contribution in [-0.4, -0.2) is 37.0 Å². The van der Waals surface area contributed by atoms with Crippen molar-refractivity contribution in [2.45, 2.75) is 36.7 Å². The van der Waals surface area contributed by atoms with Crippen LogP contribution in [-0.2, 0) is 16.6 Å². The number of para-hydroxylation sites is 1. The van der Waals surface area contributed by atoms with Crippen LogP contribution >= 0.6 is 27.5 Å². The van der Waals surface area contributed by atoms with Crippen LogP contribution in [0.2, 0.25) is 5.02 Å². The van der Waals surface area contributed by atoms with E-state index in [9.17, 15) is 17.9 Å². The Hall–Kier alpha value is -1.19. The predicted molar refractivity (Wildman–Crippen MR) is 118 cm³/mol. The molecule has 4 rings (SSSR count). The Balaban J connectivity index is 1.66. The molecule has 2 aliphatic rings.